The van der Waals surface area contributed by atoms with Gasteiger partial charge < -0.3 is 5.73 Å². The van der Waals surface area contributed by atoms with Crippen molar-refractivity contribution < 1.29 is 0 Å². The molecule has 0 radical (unpaired) electrons. The van der Waals surface area contributed by atoms with Crippen LogP contribution in [0.1, 0.15) is 5.56 Å². The highest BCUT2D eigenvalue weighted by atomic mass is 35.5. The van der Waals surface area contributed by atoms with E-state index in [1.165, 1.54) is 0 Å². The molecule has 0 aromatic heterocycles. The maximum atomic E-state index is 8.72. The van der Waals surface area contributed by atoms with Gasteiger partial charge in [-0.25, -0.2) is 0 Å². The van der Waals surface area contributed by atoms with Crippen LogP contribution in [0, 0.1) is 11.3 Å². The Bertz CT molecular complexity index is 432. The van der Waals surface area contributed by atoms with E-state index in [-0.39, 0.29) is 10.6 Å². The van der Waals surface area contributed by atoms with Gasteiger partial charge in [0.25, 0.3) is 0 Å². The fourth-order valence-electron chi connectivity index (χ4n) is 0.906. The van der Waals surface area contributed by atoms with Crippen LogP contribution in [0.25, 0.3) is 6.08 Å². The topological polar surface area (TPSA) is 49.8 Å². The van der Waals surface area contributed by atoms with Gasteiger partial charge in [-0.15, -0.1) is 0 Å². The van der Waals surface area contributed by atoms with Gasteiger partial charge in [-0.1, -0.05) is 42.0 Å². The molecule has 0 aliphatic heterocycles. The van der Waals surface area contributed by atoms with E-state index in [9.17, 15) is 0 Å². The van der Waals surface area contributed by atoms with E-state index in [1.807, 2.05) is 18.2 Å². The fourth-order valence-corrected chi connectivity index (χ4v) is 1.20. The molecule has 0 heterocycles. The van der Waals surface area contributed by atoms with E-state index in [4.69, 9.17) is 34.8 Å². The van der Waals surface area contributed by atoms with Crippen LogP contribution in [0.15, 0.2) is 29.8 Å². The van der Waals surface area contributed by atoms with Gasteiger partial charge in [0.2, 0.25) is 0 Å². The van der Waals surface area contributed by atoms with Gasteiger partial charge in [0.15, 0.2) is 0 Å². The number of nitrogens with two attached hydrogens (primary N) is 1. The van der Waals surface area contributed by atoms with Crippen LogP contribution in [-0.4, -0.2) is 4.99 Å². The highest BCUT2D eigenvalue weighted by Crippen LogP contribution is 2.17. The van der Waals surface area contributed by atoms with Gasteiger partial charge in [0, 0.05) is 5.02 Å². The zero-order valence-electron chi connectivity index (χ0n) is 7.20. The number of nitriles is 1. The Morgan fingerprint density at radius 3 is 2.64 bits per heavy atom. The van der Waals surface area contributed by atoms with Gasteiger partial charge in [0.1, 0.15) is 11.1 Å². The lowest BCUT2D eigenvalue weighted by molar-refractivity contribution is 1.51. The van der Waals surface area contributed by atoms with Crippen molar-refractivity contribution in [3.05, 3.63) is 40.4 Å². The molecule has 0 saturated heterocycles. The van der Waals surface area contributed by atoms with E-state index in [0.717, 1.165) is 5.56 Å². The van der Waals surface area contributed by atoms with Gasteiger partial charge in [-0.3, -0.25) is 0 Å². The smallest absolute Gasteiger partial charge is 0.114 e. The Balaban J connectivity index is 3.15. The van der Waals surface area contributed by atoms with Crippen LogP contribution in [-0.2, 0) is 0 Å². The molecule has 0 unspecified atom stereocenters. The lowest BCUT2D eigenvalue weighted by Crippen LogP contribution is -2.09. The minimum Gasteiger partial charge on any atom is -0.389 e. The highest BCUT2D eigenvalue weighted by Gasteiger charge is 2.01. The van der Waals surface area contributed by atoms with E-state index in [2.05, 4.69) is 0 Å². The molecule has 4 heteroatoms. The van der Waals surface area contributed by atoms with E-state index >= 15 is 0 Å². The highest BCUT2D eigenvalue weighted by molar-refractivity contribution is 7.80. The summed E-state index contributed by atoms with van der Waals surface area (Å²) < 4.78 is 0. The van der Waals surface area contributed by atoms with Crippen LogP contribution in [0.4, 0.5) is 0 Å². The predicted octanol–water partition coefficient (Wildman–Crippen LogP) is 2.53. The number of halogens is 1. The Labute approximate surface area is 92.6 Å². The second kappa shape index (κ2) is 4.75. The fraction of sp³-hybridized carbons (Fsp3) is 0. The molecule has 14 heavy (non-hydrogen) atoms. The van der Waals surface area contributed by atoms with Crippen LogP contribution < -0.4 is 5.73 Å². The summed E-state index contributed by atoms with van der Waals surface area (Å²) in [5, 5.41) is 9.29. The third-order valence-corrected chi connectivity index (χ3v) is 2.16. The molecule has 2 nitrogen and oxygen atoms in total. The quantitative estimate of drug-likeness (QED) is 0.475. The Morgan fingerprint density at radius 2 is 2.14 bits per heavy atom. The molecular weight excluding hydrogens is 216 g/mol. The van der Waals surface area contributed by atoms with Crippen LogP contribution in [0.2, 0.25) is 5.02 Å². The first-order chi connectivity index (χ1) is 6.65. The zero-order chi connectivity index (χ0) is 10.6. The first-order valence-electron chi connectivity index (χ1n) is 3.81. The first kappa shape index (κ1) is 10.7. The summed E-state index contributed by atoms with van der Waals surface area (Å²) in [7, 11) is 0. The van der Waals surface area contributed by atoms with Gasteiger partial charge in [0.05, 0.1) is 5.57 Å². The largest absolute Gasteiger partial charge is 0.389 e. The summed E-state index contributed by atoms with van der Waals surface area (Å²) in [6.45, 7) is 0. The molecule has 0 fully saturated rings. The molecule has 0 atom stereocenters. The SMILES string of the molecule is N#CC(=Cc1ccccc1Cl)C(N)=S. The molecule has 0 aliphatic rings. The Hall–Kier alpha value is -1.37. The Morgan fingerprint density at radius 1 is 1.50 bits per heavy atom. The second-order valence-electron chi connectivity index (χ2n) is 2.56. The van der Waals surface area contributed by atoms with Gasteiger partial charge >= 0.3 is 0 Å². The third kappa shape index (κ3) is 2.56. The van der Waals surface area contributed by atoms with E-state index in [1.54, 1.807) is 18.2 Å². The minimum atomic E-state index is 0.0763. The molecule has 2 N–H and O–H groups in total. The summed E-state index contributed by atoms with van der Waals surface area (Å²) in [4.78, 5) is 0.0763. The lowest BCUT2D eigenvalue weighted by atomic mass is 10.1. The molecular formula is C10H7ClN2S. The van der Waals surface area contributed by atoms with E-state index in [0.29, 0.717) is 5.02 Å². The standard InChI is InChI=1S/C10H7ClN2S/c11-9-4-2-1-3-7(9)5-8(6-12)10(13)14/h1-5H,(H2,13,14). The average molecular weight is 223 g/mol. The number of benzene rings is 1. The lowest BCUT2D eigenvalue weighted by Gasteiger charge is -1.98. The predicted molar refractivity (Wildman–Crippen MR) is 61.8 cm³/mol. The number of rotatable bonds is 2. The maximum Gasteiger partial charge on any atom is 0.114 e. The summed E-state index contributed by atoms with van der Waals surface area (Å²) in [5.74, 6) is 0. The zero-order valence-corrected chi connectivity index (χ0v) is 8.77. The molecule has 0 bridgehead atoms. The molecule has 0 aliphatic carbocycles. The van der Waals surface area contributed by atoms with E-state index < -0.39 is 0 Å². The molecule has 1 rings (SSSR count). The van der Waals surface area contributed by atoms with Crippen molar-refractivity contribution in [2.75, 3.05) is 0 Å². The minimum absolute atomic E-state index is 0.0763. The van der Waals surface area contributed by atoms with Crippen molar-refractivity contribution in [3.8, 4) is 6.07 Å². The first-order valence-corrected chi connectivity index (χ1v) is 4.60. The Kier molecular flexibility index (Phi) is 3.63. The number of thiocarbonyl (C=S) groups is 1. The van der Waals surface area contributed by atoms with Crippen molar-refractivity contribution in [2.45, 2.75) is 0 Å². The van der Waals surface area contributed by atoms with Crippen molar-refractivity contribution >= 4 is 34.9 Å². The molecule has 0 saturated carbocycles. The third-order valence-electron chi connectivity index (χ3n) is 1.59. The summed E-state index contributed by atoms with van der Waals surface area (Å²) in [5.41, 5.74) is 6.33. The van der Waals surface area contributed by atoms with Gasteiger partial charge in [-0.2, -0.15) is 5.26 Å². The molecule has 0 spiro atoms. The van der Waals surface area contributed by atoms with Gasteiger partial charge in [-0.05, 0) is 17.7 Å². The van der Waals surface area contributed by atoms with Crippen molar-refractivity contribution in [1.29, 1.82) is 5.26 Å². The maximum absolute atomic E-state index is 8.72. The summed E-state index contributed by atoms with van der Waals surface area (Å²) >= 11 is 10.6. The van der Waals surface area contributed by atoms with Crippen molar-refractivity contribution in [1.82, 2.24) is 0 Å². The summed E-state index contributed by atoms with van der Waals surface area (Å²) in [6.07, 6.45) is 1.57. The number of nitrogens with zero attached hydrogens (tertiary/aromatic N) is 1. The number of hydrogen-bond donors (Lipinski definition) is 1. The molecule has 70 valence electrons. The molecule has 0 amide bonds. The normalized spacial score (nSPS) is 10.7. The summed E-state index contributed by atoms with van der Waals surface area (Å²) in [6, 6.07) is 9.08. The van der Waals surface area contributed by atoms with Crippen molar-refractivity contribution in [2.24, 2.45) is 5.73 Å². The number of hydrogen-bond acceptors (Lipinski definition) is 2. The monoisotopic (exact) mass is 222 g/mol. The van der Waals surface area contributed by atoms with Crippen LogP contribution >= 0.6 is 23.8 Å². The molecule has 1 aromatic carbocycles. The average Bonchev–Trinajstić information content (AvgIpc) is 2.16. The van der Waals surface area contributed by atoms with Crippen LogP contribution in [0.5, 0.6) is 0 Å². The second-order valence-corrected chi connectivity index (χ2v) is 3.40. The van der Waals surface area contributed by atoms with Crippen molar-refractivity contribution in [3.63, 3.8) is 0 Å². The van der Waals surface area contributed by atoms with Crippen LogP contribution in [0.3, 0.4) is 0 Å². The molecule has 1 aromatic rings.